The third kappa shape index (κ3) is 1.71. The lowest BCUT2D eigenvalue weighted by Gasteiger charge is -2.25. The number of nitriles is 1. The molecule has 0 saturated heterocycles. The molecule has 0 fully saturated rings. The first-order chi connectivity index (χ1) is 7.98. The van der Waals surface area contributed by atoms with E-state index in [1.807, 2.05) is 62.0 Å². The van der Waals surface area contributed by atoms with Crippen LogP contribution in [0.1, 0.15) is 19.4 Å². The average Bonchev–Trinajstić information content (AvgIpc) is 2.67. The molecular formula is C14H16N2O. The second-order valence-corrected chi connectivity index (χ2v) is 4.92. The third-order valence-corrected chi connectivity index (χ3v) is 3.40. The fraction of sp³-hybridized carbons (Fsp3) is 0.357. The SMILES string of the molecule is Cn1cc(C(C)(C)C(O)C#N)c2ccccc21. The molecule has 0 bridgehead atoms. The molecule has 0 aliphatic carbocycles. The monoisotopic (exact) mass is 228 g/mol. The number of para-hydroxylation sites is 1. The number of hydrogen-bond acceptors (Lipinski definition) is 2. The summed E-state index contributed by atoms with van der Waals surface area (Å²) in [6.45, 7) is 3.78. The van der Waals surface area contributed by atoms with Gasteiger partial charge in [0.25, 0.3) is 0 Å². The van der Waals surface area contributed by atoms with Crippen molar-refractivity contribution in [2.45, 2.75) is 25.4 Å². The molecule has 0 aliphatic heterocycles. The third-order valence-electron chi connectivity index (χ3n) is 3.40. The van der Waals surface area contributed by atoms with Crippen LogP contribution in [0.15, 0.2) is 30.5 Å². The normalized spacial score (nSPS) is 13.6. The van der Waals surface area contributed by atoms with Crippen molar-refractivity contribution in [3.8, 4) is 6.07 Å². The molecule has 88 valence electrons. The molecule has 1 unspecified atom stereocenters. The van der Waals surface area contributed by atoms with Gasteiger partial charge in [-0.05, 0) is 11.6 Å². The van der Waals surface area contributed by atoms with Crippen LogP contribution < -0.4 is 0 Å². The predicted molar refractivity (Wildman–Crippen MR) is 67.6 cm³/mol. The fourth-order valence-corrected chi connectivity index (χ4v) is 2.16. The zero-order valence-corrected chi connectivity index (χ0v) is 10.3. The van der Waals surface area contributed by atoms with Crippen LogP contribution >= 0.6 is 0 Å². The van der Waals surface area contributed by atoms with Crippen molar-refractivity contribution in [2.75, 3.05) is 0 Å². The average molecular weight is 228 g/mol. The Bertz CT molecular complexity index is 590. The van der Waals surface area contributed by atoms with Crippen molar-refractivity contribution < 1.29 is 5.11 Å². The standard InChI is InChI=1S/C14H16N2O/c1-14(2,13(17)8-15)11-9-16(3)12-7-5-4-6-10(11)12/h4-7,9,13,17H,1-3H3. The highest BCUT2D eigenvalue weighted by molar-refractivity contribution is 5.85. The van der Waals surface area contributed by atoms with Crippen LogP contribution in [0.5, 0.6) is 0 Å². The number of benzene rings is 1. The number of nitrogens with zero attached hydrogens (tertiary/aromatic N) is 2. The zero-order chi connectivity index (χ0) is 12.6. The van der Waals surface area contributed by atoms with Gasteiger partial charge in [-0.15, -0.1) is 0 Å². The Morgan fingerprint density at radius 2 is 2.00 bits per heavy atom. The Balaban J connectivity index is 2.69. The first-order valence-corrected chi connectivity index (χ1v) is 5.60. The summed E-state index contributed by atoms with van der Waals surface area (Å²) in [7, 11) is 1.97. The Morgan fingerprint density at radius 3 is 2.65 bits per heavy atom. The van der Waals surface area contributed by atoms with E-state index in [4.69, 9.17) is 5.26 Å². The van der Waals surface area contributed by atoms with Gasteiger partial charge in [0.15, 0.2) is 0 Å². The first kappa shape index (κ1) is 11.7. The van der Waals surface area contributed by atoms with E-state index in [2.05, 4.69) is 0 Å². The molecule has 0 saturated carbocycles. The van der Waals surface area contributed by atoms with E-state index in [0.717, 1.165) is 16.5 Å². The van der Waals surface area contributed by atoms with Crippen molar-refractivity contribution in [1.82, 2.24) is 4.57 Å². The molecule has 0 amide bonds. The summed E-state index contributed by atoms with van der Waals surface area (Å²) in [5.41, 5.74) is 1.54. The van der Waals surface area contributed by atoms with Crippen molar-refractivity contribution in [1.29, 1.82) is 5.26 Å². The minimum absolute atomic E-state index is 0.574. The van der Waals surface area contributed by atoms with E-state index in [1.165, 1.54) is 0 Å². The van der Waals surface area contributed by atoms with E-state index < -0.39 is 11.5 Å². The van der Waals surface area contributed by atoms with Crippen LogP contribution in [0.3, 0.4) is 0 Å². The summed E-state index contributed by atoms with van der Waals surface area (Å²) in [6.07, 6.45) is 0.985. The number of aromatic nitrogens is 1. The van der Waals surface area contributed by atoms with Crippen LogP contribution in [0.2, 0.25) is 0 Å². The molecule has 0 spiro atoms. The Labute approximate surface area is 101 Å². The number of aliphatic hydroxyl groups is 1. The molecule has 1 heterocycles. The lowest BCUT2D eigenvalue weighted by molar-refractivity contribution is 0.152. The largest absolute Gasteiger partial charge is 0.377 e. The topological polar surface area (TPSA) is 49.0 Å². The second-order valence-electron chi connectivity index (χ2n) is 4.92. The molecule has 1 aromatic carbocycles. The van der Waals surface area contributed by atoms with E-state index in [1.54, 1.807) is 0 Å². The van der Waals surface area contributed by atoms with E-state index >= 15 is 0 Å². The van der Waals surface area contributed by atoms with E-state index in [-0.39, 0.29) is 0 Å². The number of hydrogen-bond donors (Lipinski definition) is 1. The smallest absolute Gasteiger partial charge is 0.149 e. The Kier molecular flexibility index (Phi) is 2.68. The van der Waals surface area contributed by atoms with Gasteiger partial charge in [-0.2, -0.15) is 5.26 Å². The highest BCUT2D eigenvalue weighted by Gasteiger charge is 2.32. The number of aryl methyl sites for hydroxylation is 1. The van der Waals surface area contributed by atoms with Gasteiger partial charge >= 0.3 is 0 Å². The maximum absolute atomic E-state index is 9.84. The number of fused-ring (bicyclic) bond motifs is 1. The highest BCUT2D eigenvalue weighted by atomic mass is 16.3. The van der Waals surface area contributed by atoms with Gasteiger partial charge in [-0.25, -0.2) is 0 Å². The highest BCUT2D eigenvalue weighted by Crippen LogP contribution is 2.33. The van der Waals surface area contributed by atoms with Gasteiger partial charge in [-0.3, -0.25) is 0 Å². The van der Waals surface area contributed by atoms with E-state index in [9.17, 15) is 5.11 Å². The van der Waals surface area contributed by atoms with Crippen LogP contribution in [-0.4, -0.2) is 15.8 Å². The molecule has 1 atom stereocenters. The lowest BCUT2D eigenvalue weighted by atomic mass is 9.80. The van der Waals surface area contributed by atoms with Crippen molar-refractivity contribution in [3.05, 3.63) is 36.0 Å². The van der Waals surface area contributed by atoms with Gasteiger partial charge in [0.2, 0.25) is 0 Å². The number of rotatable bonds is 2. The summed E-state index contributed by atoms with van der Waals surface area (Å²) >= 11 is 0. The van der Waals surface area contributed by atoms with E-state index in [0.29, 0.717) is 0 Å². The van der Waals surface area contributed by atoms with Gasteiger partial charge < -0.3 is 9.67 Å². The maximum atomic E-state index is 9.84. The zero-order valence-electron chi connectivity index (χ0n) is 10.3. The summed E-state index contributed by atoms with van der Waals surface area (Å²) in [6, 6.07) is 9.94. The number of aliphatic hydroxyl groups excluding tert-OH is 1. The fourth-order valence-electron chi connectivity index (χ4n) is 2.16. The molecule has 3 nitrogen and oxygen atoms in total. The molecule has 3 heteroatoms. The quantitative estimate of drug-likeness (QED) is 0.802. The summed E-state index contributed by atoms with van der Waals surface area (Å²) in [5, 5.41) is 19.8. The van der Waals surface area contributed by atoms with Crippen LogP contribution in [-0.2, 0) is 12.5 Å². The second kappa shape index (κ2) is 3.90. The van der Waals surface area contributed by atoms with Gasteiger partial charge in [0.1, 0.15) is 6.10 Å². The van der Waals surface area contributed by atoms with Crippen molar-refractivity contribution >= 4 is 10.9 Å². The molecule has 0 radical (unpaired) electrons. The van der Waals surface area contributed by atoms with Crippen LogP contribution in [0.4, 0.5) is 0 Å². The summed E-state index contributed by atoms with van der Waals surface area (Å²) in [5.74, 6) is 0. The van der Waals surface area contributed by atoms with Gasteiger partial charge in [0, 0.05) is 29.6 Å². The van der Waals surface area contributed by atoms with Crippen molar-refractivity contribution in [2.24, 2.45) is 7.05 Å². The molecule has 1 N–H and O–H groups in total. The van der Waals surface area contributed by atoms with Gasteiger partial charge in [0.05, 0.1) is 6.07 Å². The summed E-state index contributed by atoms with van der Waals surface area (Å²) < 4.78 is 2.02. The first-order valence-electron chi connectivity index (χ1n) is 5.60. The summed E-state index contributed by atoms with van der Waals surface area (Å²) in [4.78, 5) is 0. The molecule has 2 aromatic rings. The Hall–Kier alpha value is -1.79. The molecule has 17 heavy (non-hydrogen) atoms. The van der Waals surface area contributed by atoms with Crippen molar-refractivity contribution in [3.63, 3.8) is 0 Å². The molecule has 0 aliphatic rings. The van der Waals surface area contributed by atoms with Gasteiger partial charge in [-0.1, -0.05) is 32.0 Å². The van der Waals surface area contributed by atoms with Crippen LogP contribution in [0.25, 0.3) is 10.9 Å². The molecule has 2 rings (SSSR count). The maximum Gasteiger partial charge on any atom is 0.149 e. The molecular weight excluding hydrogens is 212 g/mol. The lowest BCUT2D eigenvalue weighted by Crippen LogP contribution is -2.32. The Morgan fingerprint density at radius 1 is 1.35 bits per heavy atom. The van der Waals surface area contributed by atoms with Crippen LogP contribution in [0, 0.1) is 11.3 Å². The minimum atomic E-state index is -1.01. The predicted octanol–water partition coefficient (Wildman–Crippen LogP) is 2.34. The molecule has 1 aromatic heterocycles. The minimum Gasteiger partial charge on any atom is -0.377 e.